The van der Waals surface area contributed by atoms with Crippen LogP contribution < -0.4 is 15.4 Å². The smallest absolute Gasteiger partial charge is 0.191 e. The highest BCUT2D eigenvalue weighted by Crippen LogP contribution is 2.32. The Morgan fingerprint density at radius 2 is 1.93 bits per heavy atom. The lowest BCUT2D eigenvalue weighted by atomic mass is 9.93. The normalized spacial score (nSPS) is 15.9. The van der Waals surface area contributed by atoms with Gasteiger partial charge in [0.1, 0.15) is 5.75 Å². The van der Waals surface area contributed by atoms with Gasteiger partial charge in [0.05, 0.1) is 19.7 Å². The average molecular weight is 404 g/mol. The number of nitrogens with one attached hydrogen (secondary N) is 2. The van der Waals surface area contributed by atoms with E-state index in [2.05, 4.69) is 65.1 Å². The van der Waals surface area contributed by atoms with Crippen LogP contribution in [-0.4, -0.2) is 35.4 Å². The molecule has 3 aromatic rings. The minimum atomic E-state index is 0.422. The van der Waals surface area contributed by atoms with E-state index in [0.29, 0.717) is 12.5 Å². The molecule has 0 fully saturated rings. The van der Waals surface area contributed by atoms with Gasteiger partial charge >= 0.3 is 0 Å². The molecule has 0 amide bonds. The second kappa shape index (κ2) is 9.96. The van der Waals surface area contributed by atoms with E-state index in [0.717, 1.165) is 44.4 Å². The highest BCUT2D eigenvalue weighted by molar-refractivity contribution is 5.79. The van der Waals surface area contributed by atoms with Crippen molar-refractivity contribution in [3.8, 4) is 5.75 Å². The summed E-state index contributed by atoms with van der Waals surface area (Å²) in [5.74, 6) is 2.27. The van der Waals surface area contributed by atoms with Crippen molar-refractivity contribution in [1.29, 1.82) is 0 Å². The number of rotatable bonds is 7. The van der Waals surface area contributed by atoms with Gasteiger partial charge in [0.25, 0.3) is 0 Å². The number of benzene rings is 2. The molecule has 4 rings (SSSR count). The van der Waals surface area contributed by atoms with E-state index < -0.39 is 0 Å². The minimum Gasteiger partial charge on any atom is -0.493 e. The molecule has 0 aliphatic carbocycles. The van der Waals surface area contributed by atoms with E-state index in [-0.39, 0.29) is 0 Å². The molecule has 6 heteroatoms. The first-order valence-electron chi connectivity index (χ1n) is 10.6. The van der Waals surface area contributed by atoms with Gasteiger partial charge in [0.15, 0.2) is 5.96 Å². The molecule has 1 atom stereocenters. The predicted molar refractivity (Wildman–Crippen MR) is 120 cm³/mol. The van der Waals surface area contributed by atoms with Gasteiger partial charge in [-0.2, -0.15) is 5.10 Å². The maximum Gasteiger partial charge on any atom is 0.191 e. The molecule has 0 radical (unpaired) electrons. The molecule has 1 aliphatic rings. The van der Waals surface area contributed by atoms with Crippen LogP contribution in [0.25, 0.3) is 0 Å². The molecule has 0 saturated carbocycles. The van der Waals surface area contributed by atoms with E-state index in [4.69, 9.17) is 9.73 Å². The Kier molecular flexibility index (Phi) is 6.65. The molecule has 0 saturated heterocycles. The summed E-state index contributed by atoms with van der Waals surface area (Å²) in [7, 11) is 0. The number of aliphatic imine (C=N–C) groups is 1. The molecule has 0 spiro atoms. The van der Waals surface area contributed by atoms with Crippen LogP contribution in [0, 0.1) is 0 Å². The van der Waals surface area contributed by atoms with Crippen molar-refractivity contribution in [2.45, 2.75) is 32.4 Å². The number of nitrogens with zero attached hydrogens (tertiary/aromatic N) is 3. The number of fused-ring (bicyclic) bond motifs is 1. The molecule has 0 bridgehead atoms. The molecular weight excluding hydrogens is 374 g/mol. The fourth-order valence-electron chi connectivity index (χ4n) is 3.79. The molecule has 1 unspecified atom stereocenters. The molecule has 2 heterocycles. The number of guanidine groups is 1. The Balaban J connectivity index is 1.43. The Hall–Kier alpha value is -3.28. The average Bonchev–Trinajstić information content (AvgIpc) is 3.30. The third-order valence-corrected chi connectivity index (χ3v) is 5.36. The van der Waals surface area contributed by atoms with Crippen LogP contribution in [0.4, 0.5) is 0 Å². The van der Waals surface area contributed by atoms with Gasteiger partial charge in [0, 0.05) is 31.4 Å². The van der Waals surface area contributed by atoms with Crippen molar-refractivity contribution in [3.05, 3.63) is 83.7 Å². The summed E-state index contributed by atoms with van der Waals surface area (Å²) in [6, 6.07) is 18.7. The van der Waals surface area contributed by atoms with Gasteiger partial charge in [-0.25, -0.2) is 4.99 Å². The Morgan fingerprint density at radius 1 is 1.10 bits per heavy atom. The molecule has 156 valence electrons. The summed E-state index contributed by atoms with van der Waals surface area (Å²) < 4.78 is 7.73. The maximum absolute atomic E-state index is 5.79. The third kappa shape index (κ3) is 5.00. The van der Waals surface area contributed by atoms with Crippen LogP contribution in [-0.2, 0) is 13.1 Å². The lowest BCUT2D eigenvalue weighted by Gasteiger charge is -2.26. The Morgan fingerprint density at radius 3 is 2.77 bits per heavy atom. The van der Waals surface area contributed by atoms with Crippen molar-refractivity contribution < 1.29 is 4.74 Å². The Bertz CT molecular complexity index is 967. The molecule has 1 aliphatic heterocycles. The van der Waals surface area contributed by atoms with Crippen LogP contribution in [0.2, 0.25) is 0 Å². The van der Waals surface area contributed by atoms with E-state index >= 15 is 0 Å². The Labute approximate surface area is 178 Å². The van der Waals surface area contributed by atoms with Crippen LogP contribution in [0.15, 0.2) is 72.0 Å². The second-order valence-corrected chi connectivity index (χ2v) is 7.42. The molecular formula is C24H29N5O. The van der Waals surface area contributed by atoms with Crippen LogP contribution in [0.5, 0.6) is 5.75 Å². The summed E-state index contributed by atoms with van der Waals surface area (Å²) in [5.41, 5.74) is 3.72. The predicted octanol–water partition coefficient (Wildman–Crippen LogP) is 3.55. The minimum absolute atomic E-state index is 0.422. The summed E-state index contributed by atoms with van der Waals surface area (Å²) in [6.07, 6.45) is 4.80. The van der Waals surface area contributed by atoms with E-state index in [1.165, 1.54) is 16.7 Å². The standard InChI is InChI=1S/C24H29N5O/c1-2-25-24(27-17-20-12-15-30-23-11-6-5-10-22(20)23)26-16-19-8-3-4-9-21(19)18-29-14-7-13-28-29/h3-11,13-14,20H,2,12,15-18H2,1H3,(H2,25,26,27). The van der Waals surface area contributed by atoms with Crippen molar-refractivity contribution in [2.75, 3.05) is 19.7 Å². The monoisotopic (exact) mass is 403 g/mol. The lowest BCUT2D eigenvalue weighted by molar-refractivity contribution is 0.267. The van der Waals surface area contributed by atoms with Crippen molar-refractivity contribution >= 4 is 5.96 Å². The zero-order valence-electron chi connectivity index (χ0n) is 17.4. The molecule has 2 N–H and O–H groups in total. The molecule has 2 aromatic carbocycles. The summed E-state index contributed by atoms with van der Waals surface area (Å²) in [4.78, 5) is 4.85. The van der Waals surface area contributed by atoms with E-state index in [9.17, 15) is 0 Å². The molecule has 1 aromatic heterocycles. The van der Waals surface area contributed by atoms with E-state index in [1.807, 2.05) is 29.2 Å². The van der Waals surface area contributed by atoms with Crippen LogP contribution >= 0.6 is 0 Å². The number of hydrogen-bond donors (Lipinski definition) is 2. The SMILES string of the molecule is CCNC(=NCc1ccccc1Cn1cccn1)NCC1CCOc2ccccc21. The maximum atomic E-state index is 5.79. The van der Waals surface area contributed by atoms with Crippen LogP contribution in [0.1, 0.15) is 36.0 Å². The summed E-state index contributed by atoms with van der Waals surface area (Å²) >= 11 is 0. The molecule has 6 nitrogen and oxygen atoms in total. The highest BCUT2D eigenvalue weighted by Gasteiger charge is 2.21. The first-order chi connectivity index (χ1) is 14.8. The first-order valence-corrected chi connectivity index (χ1v) is 10.6. The van der Waals surface area contributed by atoms with Gasteiger partial charge in [-0.15, -0.1) is 0 Å². The highest BCUT2D eigenvalue weighted by atomic mass is 16.5. The van der Waals surface area contributed by atoms with Gasteiger partial charge in [0.2, 0.25) is 0 Å². The lowest BCUT2D eigenvalue weighted by Crippen LogP contribution is -2.40. The topological polar surface area (TPSA) is 63.5 Å². The number of ether oxygens (including phenoxy) is 1. The fraction of sp³-hybridized carbons (Fsp3) is 0.333. The molecule has 30 heavy (non-hydrogen) atoms. The first kappa shape index (κ1) is 20.0. The third-order valence-electron chi connectivity index (χ3n) is 5.36. The van der Waals surface area contributed by atoms with Crippen molar-refractivity contribution in [2.24, 2.45) is 4.99 Å². The summed E-state index contributed by atoms with van der Waals surface area (Å²) in [5, 5.41) is 11.2. The zero-order chi connectivity index (χ0) is 20.6. The largest absolute Gasteiger partial charge is 0.493 e. The summed E-state index contributed by atoms with van der Waals surface area (Å²) in [6.45, 7) is 5.88. The zero-order valence-corrected chi connectivity index (χ0v) is 17.4. The number of para-hydroxylation sites is 1. The van der Waals surface area contributed by atoms with Gasteiger partial charge < -0.3 is 15.4 Å². The number of aromatic nitrogens is 2. The fourth-order valence-corrected chi connectivity index (χ4v) is 3.79. The van der Waals surface area contributed by atoms with Crippen molar-refractivity contribution in [1.82, 2.24) is 20.4 Å². The van der Waals surface area contributed by atoms with Gasteiger partial charge in [-0.1, -0.05) is 42.5 Å². The van der Waals surface area contributed by atoms with Crippen molar-refractivity contribution in [3.63, 3.8) is 0 Å². The van der Waals surface area contributed by atoms with Gasteiger partial charge in [-0.05, 0) is 42.2 Å². The van der Waals surface area contributed by atoms with Gasteiger partial charge in [-0.3, -0.25) is 4.68 Å². The number of hydrogen-bond acceptors (Lipinski definition) is 3. The quantitative estimate of drug-likeness (QED) is 0.468. The van der Waals surface area contributed by atoms with E-state index in [1.54, 1.807) is 0 Å². The second-order valence-electron chi connectivity index (χ2n) is 7.42. The van der Waals surface area contributed by atoms with Crippen LogP contribution in [0.3, 0.4) is 0 Å².